The molecule has 10 nitrogen and oxygen atoms in total. The van der Waals surface area contributed by atoms with Crippen LogP contribution >= 0.6 is 22.9 Å². The fourth-order valence-corrected chi connectivity index (χ4v) is 7.76. The van der Waals surface area contributed by atoms with E-state index in [1.165, 1.54) is 26.3 Å². The molecule has 0 bridgehead atoms. The first-order chi connectivity index (χ1) is 20.3. The molecule has 0 aliphatic carbocycles. The molecule has 3 aromatic heterocycles. The van der Waals surface area contributed by atoms with Gasteiger partial charge in [-0.3, -0.25) is 9.78 Å². The van der Waals surface area contributed by atoms with Crippen molar-refractivity contribution in [2.24, 2.45) is 0 Å². The molecule has 0 N–H and O–H groups in total. The lowest BCUT2D eigenvalue weighted by molar-refractivity contribution is -0.139. The fourth-order valence-electron chi connectivity index (χ4n) is 4.50. The number of piperazine rings is 1. The molecule has 0 spiro atoms. The van der Waals surface area contributed by atoms with Crippen molar-refractivity contribution < 1.29 is 27.2 Å². The molecule has 14 heteroatoms. The Morgan fingerprint density at radius 3 is 2.50 bits per heavy atom. The van der Waals surface area contributed by atoms with Crippen LogP contribution in [0.2, 0.25) is 22.5 Å². The number of rotatable bonds is 8. The van der Waals surface area contributed by atoms with E-state index < -0.39 is 42.0 Å². The third kappa shape index (κ3) is 7.99. The highest BCUT2D eigenvalue weighted by molar-refractivity contribution is 7.92. The average Bonchev–Trinajstić information content (AvgIpc) is 3.48. The van der Waals surface area contributed by atoms with Crippen molar-refractivity contribution in [1.29, 1.82) is 0 Å². The lowest BCUT2D eigenvalue weighted by Crippen LogP contribution is -2.59. The molecule has 0 radical (unpaired) electrons. The number of pyridine rings is 1. The number of carbonyl (C=O) groups is 2. The van der Waals surface area contributed by atoms with Crippen molar-refractivity contribution in [3.05, 3.63) is 57.0 Å². The Kier molecular flexibility index (Phi) is 9.89. The summed E-state index contributed by atoms with van der Waals surface area (Å²) in [6.45, 7) is 15.8. The Morgan fingerprint density at radius 1 is 1.18 bits per heavy atom. The Morgan fingerprint density at radius 2 is 1.89 bits per heavy atom. The molecule has 1 aliphatic heterocycles. The van der Waals surface area contributed by atoms with Gasteiger partial charge in [0, 0.05) is 40.3 Å². The van der Waals surface area contributed by atoms with Crippen molar-refractivity contribution in [2.75, 3.05) is 19.7 Å². The average molecular weight is 681 g/mol. The topological polar surface area (TPSA) is 111 Å². The number of hydrogen-bond donors (Lipinski definition) is 0. The number of carbonyl (C=O) groups excluding carboxylic acids is 2. The van der Waals surface area contributed by atoms with Gasteiger partial charge in [0.25, 0.3) is 0 Å². The minimum Gasteiger partial charge on any atom is -0.443 e. The van der Waals surface area contributed by atoms with Crippen molar-refractivity contribution in [3.8, 4) is 0 Å². The molecule has 240 valence electrons. The van der Waals surface area contributed by atoms with E-state index in [-0.39, 0.29) is 31.3 Å². The standard InChI is InChI=1S/C30H41ClN4O6S2Si/c1-29(2,3)41-28(37)35-22(15-21-16-32-13-11-25(21)35)18-34-23(20-40-44(7,8)30(4,5)6)17-33(19-27(34)36)43(38,39)14-12-24-9-10-26(31)42-24/h9-16,23H,17-20H2,1-8H3/t23-/m1/s1. The highest BCUT2D eigenvalue weighted by Crippen LogP contribution is 2.37. The molecule has 3 aromatic rings. The number of nitrogens with zero attached hydrogens (tertiary/aromatic N) is 4. The number of aromatic nitrogens is 2. The predicted octanol–water partition coefficient (Wildman–Crippen LogP) is 6.57. The van der Waals surface area contributed by atoms with Crippen LogP contribution in [0.4, 0.5) is 4.79 Å². The van der Waals surface area contributed by atoms with Gasteiger partial charge in [-0.15, -0.1) is 11.3 Å². The summed E-state index contributed by atoms with van der Waals surface area (Å²) >= 11 is 7.26. The SMILES string of the molecule is CC(C)(C)OC(=O)n1c(CN2C(=O)CN(S(=O)(=O)C=Cc3ccc(Cl)s3)C[C@@H]2CO[Si](C)(C)C(C)(C)C)cc2cnccc21. The maximum Gasteiger partial charge on any atom is 0.419 e. The molecular formula is C30H41ClN4O6S2Si. The van der Waals surface area contributed by atoms with Gasteiger partial charge in [0.05, 0.1) is 35.6 Å². The van der Waals surface area contributed by atoms with Gasteiger partial charge in [0.2, 0.25) is 15.9 Å². The van der Waals surface area contributed by atoms with Crippen molar-refractivity contribution >= 4 is 70.3 Å². The van der Waals surface area contributed by atoms with Gasteiger partial charge in [0.15, 0.2) is 8.32 Å². The van der Waals surface area contributed by atoms with E-state index in [2.05, 4.69) is 38.8 Å². The predicted molar refractivity (Wildman–Crippen MR) is 178 cm³/mol. The second-order valence-corrected chi connectivity index (χ2v) is 21.8. The van der Waals surface area contributed by atoms with Crippen LogP contribution in [-0.4, -0.2) is 78.8 Å². The summed E-state index contributed by atoms with van der Waals surface area (Å²) in [6, 6.07) is 6.36. The van der Waals surface area contributed by atoms with Crippen molar-refractivity contribution in [1.82, 2.24) is 18.8 Å². The summed E-state index contributed by atoms with van der Waals surface area (Å²) in [4.78, 5) is 33.7. The van der Waals surface area contributed by atoms with Gasteiger partial charge in [0.1, 0.15) is 5.60 Å². The first-order valence-electron chi connectivity index (χ1n) is 14.3. The zero-order valence-electron chi connectivity index (χ0n) is 26.5. The zero-order chi connectivity index (χ0) is 32.7. The summed E-state index contributed by atoms with van der Waals surface area (Å²) in [7, 11) is -6.20. The number of sulfonamides is 1. The van der Waals surface area contributed by atoms with Crippen molar-refractivity contribution in [3.63, 3.8) is 0 Å². The molecule has 4 rings (SSSR count). The number of ether oxygens (including phenoxy) is 1. The molecule has 0 aromatic carbocycles. The van der Waals surface area contributed by atoms with Crippen LogP contribution in [0.1, 0.15) is 52.1 Å². The summed E-state index contributed by atoms with van der Waals surface area (Å²) in [5, 5.41) is 1.73. The number of thiophene rings is 1. The summed E-state index contributed by atoms with van der Waals surface area (Å²) in [6.07, 6.45) is 4.15. The van der Waals surface area contributed by atoms with E-state index in [4.69, 9.17) is 20.8 Å². The van der Waals surface area contributed by atoms with E-state index in [1.54, 1.807) is 56.3 Å². The van der Waals surface area contributed by atoms with Gasteiger partial charge >= 0.3 is 6.09 Å². The first kappa shape index (κ1) is 34.3. The minimum absolute atomic E-state index is 0.0342. The fraction of sp³-hybridized carbons (Fsp3) is 0.500. The van der Waals surface area contributed by atoms with Gasteiger partial charge in [-0.1, -0.05) is 32.4 Å². The number of fused-ring (bicyclic) bond motifs is 1. The molecule has 1 aliphatic rings. The number of hydrogen-bond acceptors (Lipinski definition) is 8. The quantitative estimate of drug-likeness (QED) is 0.248. The number of halogens is 1. The third-order valence-corrected chi connectivity index (χ3v) is 15.0. The second kappa shape index (κ2) is 12.7. The third-order valence-electron chi connectivity index (χ3n) is 7.87. The molecule has 0 saturated carbocycles. The lowest BCUT2D eigenvalue weighted by atomic mass is 10.2. The van der Waals surface area contributed by atoms with Gasteiger partial charge in [-0.2, -0.15) is 4.31 Å². The minimum atomic E-state index is -3.94. The van der Waals surface area contributed by atoms with Gasteiger partial charge in [-0.25, -0.2) is 17.8 Å². The van der Waals surface area contributed by atoms with E-state index in [1.807, 2.05) is 6.07 Å². The summed E-state index contributed by atoms with van der Waals surface area (Å²) < 4.78 is 42.3. The zero-order valence-corrected chi connectivity index (χ0v) is 29.8. The van der Waals surface area contributed by atoms with Crippen LogP contribution in [0.15, 0.2) is 42.1 Å². The van der Waals surface area contributed by atoms with Crippen LogP contribution in [0, 0.1) is 0 Å². The lowest BCUT2D eigenvalue weighted by Gasteiger charge is -2.43. The van der Waals surface area contributed by atoms with Crippen LogP contribution in [0.25, 0.3) is 17.0 Å². The largest absolute Gasteiger partial charge is 0.443 e. The van der Waals surface area contributed by atoms with E-state index in [9.17, 15) is 18.0 Å². The molecule has 0 unspecified atom stereocenters. The molecule has 1 atom stereocenters. The molecule has 1 fully saturated rings. The van der Waals surface area contributed by atoms with Crippen LogP contribution < -0.4 is 0 Å². The van der Waals surface area contributed by atoms with E-state index in [0.29, 0.717) is 20.4 Å². The Bertz CT molecular complexity index is 1670. The molecule has 1 amide bonds. The van der Waals surface area contributed by atoms with Crippen LogP contribution in [0.3, 0.4) is 0 Å². The molecule has 1 saturated heterocycles. The molecule has 4 heterocycles. The maximum absolute atomic E-state index is 13.8. The Balaban J connectivity index is 1.68. The monoisotopic (exact) mass is 680 g/mol. The second-order valence-electron chi connectivity index (χ2n) is 13.4. The smallest absolute Gasteiger partial charge is 0.419 e. The first-order valence-corrected chi connectivity index (χ1v) is 19.9. The van der Waals surface area contributed by atoms with Gasteiger partial charge in [-0.05, 0) is 69.2 Å². The Labute approximate surface area is 269 Å². The maximum atomic E-state index is 13.8. The van der Waals surface area contributed by atoms with Crippen LogP contribution in [0.5, 0.6) is 0 Å². The summed E-state index contributed by atoms with van der Waals surface area (Å²) in [5.41, 5.74) is 0.388. The normalized spacial score (nSPS) is 17.6. The molecule has 44 heavy (non-hydrogen) atoms. The highest BCUT2D eigenvalue weighted by atomic mass is 35.5. The van der Waals surface area contributed by atoms with E-state index >= 15 is 0 Å². The highest BCUT2D eigenvalue weighted by Gasteiger charge is 2.42. The van der Waals surface area contributed by atoms with E-state index in [0.717, 1.165) is 10.8 Å². The van der Waals surface area contributed by atoms with Gasteiger partial charge < -0.3 is 14.1 Å². The van der Waals surface area contributed by atoms with Crippen LogP contribution in [-0.2, 0) is 30.5 Å². The van der Waals surface area contributed by atoms with Crippen molar-refractivity contribution in [2.45, 2.75) is 77.9 Å². The number of amides is 1. The Hall–Kier alpha value is -2.55. The molecular weight excluding hydrogens is 640 g/mol. The summed E-state index contributed by atoms with van der Waals surface area (Å²) in [5.74, 6) is -0.393.